The topological polar surface area (TPSA) is 35.2 Å². The first kappa shape index (κ1) is 12.2. The average molecular weight is 324 g/mol. The largest absolute Gasteiger partial charge is 0.490 e. The highest BCUT2D eigenvalue weighted by Crippen LogP contribution is 2.33. The molecule has 0 saturated heterocycles. The molecule has 0 spiro atoms. The van der Waals surface area contributed by atoms with Gasteiger partial charge in [0, 0.05) is 9.35 Å². The van der Waals surface area contributed by atoms with Gasteiger partial charge >= 0.3 is 0 Å². The third-order valence-electron chi connectivity index (χ3n) is 2.99. The fourth-order valence-corrected chi connectivity index (χ4v) is 3.46. The lowest BCUT2D eigenvalue weighted by atomic mass is 10.1. The van der Waals surface area contributed by atoms with Crippen molar-refractivity contribution >= 4 is 27.3 Å². The minimum Gasteiger partial charge on any atom is -0.490 e. The van der Waals surface area contributed by atoms with Crippen molar-refractivity contribution in [3.63, 3.8) is 0 Å². The van der Waals surface area contributed by atoms with Crippen molar-refractivity contribution in [2.75, 3.05) is 0 Å². The number of ether oxygens (including phenoxy) is 1. The lowest BCUT2D eigenvalue weighted by Crippen LogP contribution is -2.10. The van der Waals surface area contributed by atoms with Gasteiger partial charge in [-0.3, -0.25) is 0 Å². The van der Waals surface area contributed by atoms with Gasteiger partial charge in [0.2, 0.25) is 0 Å². The Labute approximate surface area is 119 Å². The molecule has 1 atom stereocenters. The van der Waals surface area contributed by atoms with E-state index in [1.54, 1.807) is 11.3 Å². The van der Waals surface area contributed by atoms with Gasteiger partial charge in [-0.1, -0.05) is 12.1 Å². The lowest BCUT2D eigenvalue weighted by molar-refractivity contribution is 0.303. The van der Waals surface area contributed by atoms with Crippen LogP contribution in [0.4, 0.5) is 0 Å². The SMILES string of the molecule is NC(c1ccc(OC2CC2)cc1)c1sccc1Br. The predicted octanol–water partition coefficient (Wildman–Crippen LogP) is 4.10. The van der Waals surface area contributed by atoms with Crippen LogP contribution in [0.3, 0.4) is 0 Å². The van der Waals surface area contributed by atoms with Gasteiger partial charge in [-0.2, -0.15) is 0 Å². The van der Waals surface area contributed by atoms with Crippen molar-refractivity contribution in [3.05, 3.63) is 50.6 Å². The second-order valence-corrected chi connectivity index (χ2v) is 6.30. The number of benzene rings is 1. The van der Waals surface area contributed by atoms with Gasteiger partial charge in [-0.05, 0) is 57.9 Å². The normalized spacial score (nSPS) is 16.6. The van der Waals surface area contributed by atoms with Crippen LogP contribution in [-0.2, 0) is 0 Å². The molecule has 1 saturated carbocycles. The van der Waals surface area contributed by atoms with E-state index in [0.717, 1.165) is 20.7 Å². The van der Waals surface area contributed by atoms with Crippen LogP contribution in [-0.4, -0.2) is 6.10 Å². The summed E-state index contributed by atoms with van der Waals surface area (Å²) >= 11 is 5.20. The summed E-state index contributed by atoms with van der Waals surface area (Å²) in [5, 5.41) is 2.05. The summed E-state index contributed by atoms with van der Waals surface area (Å²) in [4.78, 5) is 1.16. The van der Waals surface area contributed by atoms with Crippen molar-refractivity contribution in [2.45, 2.75) is 25.0 Å². The number of hydrogen-bond acceptors (Lipinski definition) is 3. The maximum absolute atomic E-state index is 6.26. The molecule has 18 heavy (non-hydrogen) atoms. The van der Waals surface area contributed by atoms with Crippen LogP contribution in [0.15, 0.2) is 40.2 Å². The van der Waals surface area contributed by atoms with Gasteiger partial charge < -0.3 is 10.5 Å². The second-order valence-electron chi connectivity index (χ2n) is 4.50. The minimum absolute atomic E-state index is 0.0747. The molecule has 0 amide bonds. The maximum atomic E-state index is 6.26. The molecule has 94 valence electrons. The van der Waals surface area contributed by atoms with Gasteiger partial charge in [-0.25, -0.2) is 0 Å². The number of rotatable bonds is 4. The molecule has 2 nitrogen and oxygen atoms in total. The molecule has 1 aliphatic rings. The molecule has 1 aromatic carbocycles. The molecule has 1 heterocycles. The first-order valence-electron chi connectivity index (χ1n) is 5.99. The molecule has 0 aliphatic heterocycles. The van der Waals surface area contributed by atoms with Gasteiger partial charge in [0.15, 0.2) is 0 Å². The number of halogens is 1. The summed E-state index contributed by atoms with van der Waals surface area (Å²) in [6.45, 7) is 0. The average Bonchev–Trinajstić information content (AvgIpc) is 3.09. The van der Waals surface area contributed by atoms with Crippen LogP contribution in [0.25, 0.3) is 0 Å². The maximum Gasteiger partial charge on any atom is 0.119 e. The van der Waals surface area contributed by atoms with Gasteiger partial charge in [0.25, 0.3) is 0 Å². The third kappa shape index (κ3) is 2.60. The van der Waals surface area contributed by atoms with Crippen LogP contribution in [0.5, 0.6) is 5.75 Å². The van der Waals surface area contributed by atoms with Crippen LogP contribution >= 0.6 is 27.3 Å². The molecule has 0 radical (unpaired) electrons. The molecule has 2 N–H and O–H groups in total. The molecular formula is C14H14BrNOS. The quantitative estimate of drug-likeness (QED) is 0.919. The van der Waals surface area contributed by atoms with Crippen LogP contribution in [0, 0.1) is 0 Å². The van der Waals surface area contributed by atoms with E-state index < -0.39 is 0 Å². The molecule has 1 unspecified atom stereocenters. The zero-order chi connectivity index (χ0) is 12.5. The first-order valence-corrected chi connectivity index (χ1v) is 7.66. The first-order chi connectivity index (χ1) is 8.74. The second kappa shape index (κ2) is 5.03. The Morgan fingerprint density at radius 2 is 1.94 bits per heavy atom. The van der Waals surface area contributed by atoms with Crippen molar-refractivity contribution in [2.24, 2.45) is 5.73 Å². The van der Waals surface area contributed by atoms with Gasteiger partial charge in [0.1, 0.15) is 5.75 Å². The Bertz CT molecular complexity index is 533. The smallest absolute Gasteiger partial charge is 0.119 e. The zero-order valence-corrected chi connectivity index (χ0v) is 12.2. The van der Waals surface area contributed by atoms with Crippen molar-refractivity contribution < 1.29 is 4.74 Å². The van der Waals surface area contributed by atoms with E-state index >= 15 is 0 Å². The van der Waals surface area contributed by atoms with Crippen LogP contribution in [0.2, 0.25) is 0 Å². The fraction of sp³-hybridized carbons (Fsp3) is 0.286. The van der Waals surface area contributed by atoms with Crippen molar-refractivity contribution in [1.82, 2.24) is 0 Å². The van der Waals surface area contributed by atoms with Gasteiger partial charge in [-0.15, -0.1) is 11.3 Å². The Morgan fingerprint density at radius 3 is 2.50 bits per heavy atom. The van der Waals surface area contributed by atoms with Gasteiger partial charge in [0.05, 0.1) is 12.1 Å². The highest BCUT2D eigenvalue weighted by molar-refractivity contribution is 9.10. The Hall–Kier alpha value is -0.840. The van der Waals surface area contributed by atoms with E-state index in [2.05, 4.69) is 28.1 Å². The van der Waals surface area contributed by atoms with E-state index in [9.17, 15) is 0 Å². The molecule has 1 aromatic heterocycles. The summed E-state index contributed by atoms with van der Waals surface area (Å²) < 4.78 is 6.81. The number of thiophene rings is 1. The Kier molecular flexibility index (Phi) is 3.41. The molecule has 4 heteroatoms. The fourth-order valence-electron chi connectivity index (χ4n) is 1.81. The number of hydrogen-bond donors (Lipinski definition) is 1. The number of nitrogens with two attached hydrogens (primary N) is 1. The molecule has 0 bridgehead atoms. The van der Waals surface area contributed by atoms with E-state index in [4.69, 9.17) is 10.5 Å². The molecule has 1 fully saturated rings. The van der Waals surface area contributed by atoms with E-state index in [1.165, 1.54) is 12.8 Å². The van der Waals surface area contributed by atoms with E-state index in [0.29, 0.717) is 6.10 Å². The molecule has 2 aromatic rings. The standard InChI is InChI=1S/C14H14BrNOS/c15-12-7-8-18-14(12)13(16)9-1-3-10(4-2-9)17-11-5-6-11/h1-4,7-8,11,13H,5-6,16H2. The molecule has 1 aliphatic carbocycles. The molecule has 3 rings (SSSR count). The van der Waals surface area contributed by atoms with Crippen molar-refractivity contribution in [3.8, 4) is 5.75 Å². The Morgan fingerprint density at radius 1 is 1.22 bits per heavy atom. The summed E-state index contributed by atoms with van der Waals surface area (Å²) in [5.41, 5.74) is 7.38. The van der Waals surface area contributed by atoms with E-state index in [1.807, 2.05) is 23.6 Å². The Balaban J connectivity index is 1.77. The molecular weight excluding hydrogens is 310 g/mol. The van der Waals surface area contributed by atoms with Crippen molar-refractivity contribution in [1.29, 1.82) is 0 Å². The van der Waals surface area contributed by atoms with Crippen LogP contribution in [0.1, 0.15) is 29.3 Å². The minimum atomic E-state index is -0.0747. The van der Waals surface area contributed by atoms with Crippen LogP contribution < -0.4 is 10.5 Å². The summed E-state index contributed by atoms with van der Waals surface area (Å²) in [5.74, 6) is 0.943. The predicted molar refractivity (Wildman–Crippen MR) is 78.1 cm³/mol. The lowest BCUT2D eigenvalue weighted by Gasteiger charge is -2.12. The highest BCUT2D eigenvalue weighted by Gasteiger charge is 2.23. The summed E-state index contributed by atoms with van der Waals surface area (Å²) in [6.07, 6.45) is 2.81. The monoisotopic (exact) mass is 323 g/mol. The highest BCUT2D eigenvalue weighted by atomic mass is 79.9. The summed E-state index contributed by atoms with van der Waals surface area (Å²) in [7, 11) is 0. The summed E-state index contributed by atoms with van der Waals surface area (Å²) in [6, 6.07) is 10.1. The van der Waals surface area contributed by atoms with E-state index in [-0.39, 0.29) is 6.04 Å². The zero-order valence-electron chi connectivity index (χ0n) is 9.80. The third-order valence-corrected chi connectivity index (χ3v) is 4.95.